The quantitative estimate of drug-likeness (QED) is 0.680. The zero-order chi connectivity index (χ0) is 9.52. The van der Waals surface area contributed by atoms with E-state index in [0.29, 0.717) is 6.42 Å². The number of rotatable bonds is 2. The predicted octanol–water partition coefficient (Wildman–Crippen LogP) is 1.32. The maximum absolute atomic E-state index is 11.5. The molecule has 1 N–H and O–H groups in total. The van der Waals surface area contributed by atoms with Gasteiger partial charge in [-0.3, -0.25) is 9.59 Å². The lowest BCUT2D eigenvalue weighted by Crippen LogP contribution is -2.23. The van der Waals surface area contributed by atoms with Crippen LogP contribution in [0.3, 0.4) is 0 Å². The van der Waals surface area contributed by atoms with Gasteiger partial charge in [0.15, 0.2) is 0 Å². The molecule has 0 spiro atoms. The molecule has 0 aromatic carbocycles. The van der Waals surface area contributed by atoms with Crippen LogP contribution in [0.25, 0.3) is 0 Å². The second-order valence-corrected chi connectivity index (χ2v) is 4.40. The van der Waals surface area contributed by atoms with Gasteiger partial charge in [0.05, 0.1) is 5.92 Å². The SMILES string of the molecule is CC(C)(C)C(=O)[C@H]1C[C@@H]1C(=O)O. The van der Waals surface area contributed by atoms with Crippen LogP contribution in [-0.2, 0) is 9.59 Å². The molecule has 1 saturated carbocycles. The number of hydrogen-bond donors (Lipinski definition) is 1. The zero-order valence-corrected chi connectivity index (χ0v) is 7.63. The second kappa shape index (κ2) is 2.57. The summed E-state index contributed by atoms with van der Waals surface area (Å²) in [5.41, 5.74) is -0.394. The highest BCUT2D eigenvalue weighted by atomic mass is 16.4. The van der Waals surface area contributed by atoms with Crippen LogP contribution < -0.4 is 0 Å². The normalized spacial score (nSPS) is 28.2. The zero-order valence-electron chi connectivity index (χ0n) is 7.63. The van der Waals surface area contributed by atoms with Crippen molar-refractivity contribution in [2.45, 2.75) is 27.2 Å². The summed E-state index contributed by atoms with van der Waals surface area (Å²) < 4.78 is 0. The maximum atomic E-state index is 11.5. The maximum Gasteiger partial charge on any atom is 0.307 e. The van der Waals surface area contributed by atoms with Gasteiger partial charge in [-0.25, -0.2) is 0 Å². The highest BCUT2D eigenvalue weighted by molar-refractivity contribution is 5.93. The summed E-state index contributed by atoms with van der Waals surface area (Å²) >= 11 is 0. The first kappa shape index (κ1) is 9.23. The Morgan fingerprint density at radius 2 is 1.75 bits per heavy atom. The van der Waals surface area contributed by atoms with Crippen molar-refractivity contribution in [3.05, 3.63) is 0 Å². The van der Waals surface area contributed by atoms with Gasteiger partial charge in [-0.05, 0) is 6.42 Å². The van der Waals surface area contributed by atoms with E-state index in [1.807, 2.05) is 20.8 Å². The fraction of sp³-hybridized carbons (Fsp3) is 0.778. The third kappa shape index (κ3) is 1.65. The average Bonchev–Trinajstić information content (AvgIpc) is 2.61. The lowest BCUT2D eigenvalue weighted by molar-refractivity contribution is -0.140. The van der Waals surface area contributed by atoms with Gasteiger partial charge in [-0.1, -0.05) is 20.8 Å². The van der Waals surface area contributed by atoms with E-state index in [-0.39, 0.29) is 11.7 Å². The summed E-state index contributed by atoms with van der Waals surface area (Å²) in [5, 5.41) is 8.59. The summed E-state index contributed by atoms with van der Waals surface area (Å²) in [6.07, 6.45) is 0.533. The van der Waals surface area contributed by atoms with Gasteiger partial charge < -0.3 is 5.11 Å². The van der Waals surface area contributed by atoms with Crippen molar-refractivity contribution in [3.63, 3.8) is 0 Å². The molecular formula is C9H14O3. The number of ketones is 1. The first-order valence-electron chi connectivity index (χ1n) is 4.11. The molecule has 0 bridgehead atoms. The number of aliphatic carboxylic acids is 1. The summed E-state index contributed by atoms with van der Waals surface area (Å²) in [7, 11) is 0. The van der Waals surface area contributed by atoms with Crippen LogP contribution in [0, 0.1) is 17.3 Å². The molecule has 1 aliphatic carbocycles. The van der Waals surface area contributed by atoms with Gasteiger partial charge in [0.1, 0.15) is 5.78 Å². The molecule has 0 radical (unpaired) electrons. The Morgan fingerprint density at radius 3 is 2.00 bits per heavy atom. The van der Waals surface area contributed by atoms with E-state index in [4.69, 9.17) is 5.11 Å². The van der Waals surface area contributed by atoms with Crippen LogP contribution in [-0.4, -0.2) is 16.9 Å². The fourth-order valence-corrected chi connectivity index (χ4v) is 1.31. The second-order valence-electron chi connectivity index (χ2n) is 4.40. The van der Waals surface area contributed by atoms with Gasteiger partial charge >= 0.3 is 5.97 Å². The molecule has 0 aromatic rings. The minimum absolute atomic E-state index is 0.0786. The Labute approximate surface area is 71.8 Å². The smallest absolute Gasteiger partial charge is 0.307 e. The van der Waals surface area contributed by atoms with E-state index < -0.39 is 17.3 Å². The number of carboxylic acids is 1. The Kier molecular flexibility index (Phi) is 1.98. The first-order chi connectivity index (χ1) is 5.34. The van der Waals surface area contributed by atoms with Crippen molar-refractivity contribution in [3.8, 4) is 0 Å². The highest BCUT2D eigenvalue weighted by Crippen LogP contribution is 2.43. The van der Waals surface area contributed by atoms with E-state index in [0.717, 1.165) is 0 Å². The molecule has 0 amide bonds. The number of Topliss-reactive ketones (excluding diaryl/α,β-unsaturated/α-hetero) is 1. The fourth-order valence-electron chi connectivity index (χ4n) is 1.31. The van der Waals surface area contributed by atoms with Crippen molar-refractivity contribution in [2.24, 2.45) is 17.3 Å². The largest absolute Gasteiger partial charge is 0.481 e. The molecule has 0 aliphatic heterocycles. The standard InChI is InChI=1S/C9H14O3/c1-9(2,3)7(10)5-4-6(5)8(11)12/h5-6H,4H2,1-3H3,(H,11,12)/t5-,6-/m0/s1. The minimum atomic E-state index is -0.836. The number of carboxylic acid groups (broad SMARTS) is 1. The van der Waals surface area contributed by atoms with Gasteiger partial charge in [-0.2, -0.15) is 0 Å². The number of carbonyl (C=O) groups excluding carboxylic acids is 1. The molecule has 68 valence electrons. The van der Waals surface area contributed by atoms with Crippen molar-refractivity contribution in [2.75, 3.05) is 0 Å². The van der Waals surface area contributed by atoms with Crippen LogP contribution >= 0.6 is 0 Å². The van der Waals surface area contributed by atoms with Crippen molar-refractivity contribution in [1.29, 1.82) is 0 Å². The van der Waals surface area contributed by atoms with Crippen LogP contribution in [0.2, 0.25) is 0 Å². The summed E-state index contributed by atoms with van der Waals surface area (Å²) in [6, 6.07) is 0. The summed E-state index contributed by atoms with van der Waals surface area (Å²) in [4.78, 5) is 21.9. The Balaban J connectivity index is 2.55. The Hall–Kier alpha value is -0.860. The van der Waals surface area contributed by atoms with Crippen molar-refractivity contribution in [1.82, 2.24) is 0 Å². The molecular weight excluding hydrogens is 156 g/mol. The van der Waals surface area contributed by atoms with E-state index >= 15 is 0 Å². The lowest BCUT2D eigenvalue weighted by atomic mass is 9.87. The van der Waals surface area contributed by atoms with Crippen molar-refractivity contribution < 1.29 is 14.7 Å². The molecule has 0 heterocycles. The van der Waals surface area contributed by atoms with Gasteiger partial charge in [0.2, 0.25) is 0 Å². The topological polar surface area (TPSA) is 54.4 Å². The minimum Gasteiger partial charge on any atom is -0.481 e. The molecule has 1 aliphatic rings. The van der Waals surface area contributed by atoms with E-state index in [1.165, 1.54) is 0 Å². The van der Waals surface area contributed by atoms with Gasteiger partial charge in [-0.15, -0.1) is 0 Å². The van der Waals surface area contributed by atoms with Gasteiger partial charge in [0.25, 0.3) is 0 Å². The molecule has 0 saturated heterocycles. The summed E-state index contributed by atoms with van der Waals surface area (Å²) in [5.74, 6) is -1.38. The van der Waals surface area contributed by atoms with Crippen LogP contribution in [0.5, 0.6) is 0 Å². The molecule has 1 fully saturated rings. The Morgan fingerprint density at radius 1 is 1.25 bits per heavy atom. The summed E-state index contributed by atoms with van der Waals surface area (Å²) in [6.45, 7) is 5.48. The van der Waals surface area contributed by atoms with Crippen LogP contribution in [0.1, 0.15) is 27.2 Å². The van der Waals surface area contributed by atoms with E-state index in [2.05, 4.69) is 0 Å². The number of carbonyl (C=O) groups is 2. The molecule has 12 heavy (non-hydrogen) atoms. The molecule has 3 heteroatoms. The first-order valence-corrected chi connectivity index (χ1v) is 4.11. The Bertz CT molecular complexity index is 224. The van der Waals surface area contributed by atoms with Crippen molar-refractivity contribution >= 4 is 11.8 Å². The molecule has 3 nitrogen and oxygen atoms in total. The molecule has 0 unspecified atom stereocenters. The van der Waals surface area contributed by atoms with E-state index in [9.17, 15) is 9.59 Å². The number of hydrogen-bond acceptors (Lipinski definition) is 2. The third-order valence-corrected chi connectivity index (χ3v) is 2.18. The van der Waals surface area contributed by atoms with Gasteiger partial charge in [0, 0.05) is 11.3 Å². The third-order valence-electron chi connectivity index (χ3n) is 2.18. The van der Waals surface area contributed by atoms with Crippen LogP contribution in [0.15, 0.2) is 0 Å². The molecule has 2 atom stereocenters. The average molecular weight is 170 g/mol. The highest BCUT2D eigenvalue weighted by Gasteiger charge is 2.50. The van der Waals surface area contributed by atoms with E-state index in [1.54, 1.807) is 0 Å². The van der Waals surface area contributed by atoms with Crippen LogP contribution in [0.4, 0.5) is 0 Å². The molecule has 0 aromatic heterocycles. The monoisotopic (exact) mass is 170 g/mol. The lowest BCUT2D eigenvalue weighted by Gasteiger charge is -2.15. The predicted molar refractivity (Wildman–Crippen MR) is 43.7 cm³/mol. The molecule has 1 rings (SSSR count).